The molecule has 2 saturated heterocycles. The number of carbonyl (C=O) groups excluding carboxylic acids is 1. The molecule has 0 radical (unpaired) electrons. The highest BCUT2D eigenvalue weighted by molar-refractivity contribution is 7.92. The first-order valence-electron chi connectivity index (χ1n) is 8.45. The van der Waals surface area contributed by atoms with Crippen LogP contribution in [0.25, 0.3) is 0 Å². The van der Waals surface area contributed by atoms with E-state index in [2.05, 4.69) is 0 Å². The Kier molecular flexibility index (Phi) is 4.13. The molecule has 2 aliphatic heterocycles. The number of carbonyl (C=O) groups is 1. The molecule has 1 aromatic rings. The van der Waals surface area contributed by atoms with Gasteiger partial charge < -0.3 is 5.11 Å². The van der Waals surface area contributed by atoms with Gasteiger partial charge in [0, 0.05) is 19.0 Å². The van der Waals surface area contributed by atoms with Crippen LogP contribution in [0, 0.1) is 5.82 Å². The lowest BCUT2D eigenvalue weighted by Crippen LogP contribution is -2.32. The second-order valence-corrected chi connectivity index (χ2v) is 10.8. The fourth-order valence-electron chi connectivity index (χ4n) is 3.56. The Balaban J connectivity index is 1.67. The van der Waals surface area contributed by atoms with Crippen LogP contribution in [0.4, 0.5) is 10.1 Å². The van der Waals surface area contributed by atoms with Crippen molar-refractivity contribution in [2.24, 2.45) is 0 Å². The van der Waals surface area contributed by atoms with Crippen molar-refractivity contribution >= 4 is 31.8 Å². The Morgan fingerprint density at radius 2 is 1.93 bits per heavy atom. The van der Waals surface area contributed by atoms with Crippen molar-refractivity contribution < 1.29 is 31.1 Å². The molecule has 12 heteroatoms. The molecule has 3 aliphatic rings. The van der Waals surface area contributed by atoms with E-state index in [1.807, 2.05) is 0 Å². The van der Waals surface area contributed by atoms with Crippen LogP contribution in [-0.2, 0) is 25.0 Å². The largest absolute Gasteiger partial charge is 0.506 e. The number of phenols is 1. The van der Waals surface area contributed by atoms with Gasteiger partial charge in [0.05, 0.1) is 5.25 Å². The summed E-state index contributed by atoms with van der Waals surface area (Å²) in [6, 6.07) is 2.48. The molecule has 148 valence electrons. The fourth-order valence-corrected chi connectivity index (χ4v) is 6.62. The summed E-state index contributed by atoms with van der Waals surface area (Å²) >= 11 is 0. The van der Waals surface area contributed by atoms with Crippen LogP contribution in [0.5, 0.6) is 5.75 Å². The second-order valence-electron chi connectivity index (χ2n) is 6.96. The van der Waals surface area contributed by atoms with Gasteiger partial charge in [-0.3, -0.25) is 4.79 Å². The smallest absolute Gasteiger partial charge is 0.326 e. The molecule has 27 heavy (non-hydrogen) atoms. The van der Waals surface area contributed by atoms with Crippen molar-refractivity contribution in [3.8, 4) is 5.75 Å². The molecule has 0 spiro atoms. The zero-order valence-electron chi connectivity index (χ0n) is 14.1. The number of nitrogens with one attached hydrogen (secondary N) is 1. The van der Waals surface area contributed by atoms with E-state index in [4.69, 9.17) is 0 Å². The van der Waals surface area contributed by atoms with Gasteiger partial charge >= 0.3 is 10.2 Å². The summed E-state index contributed by atoms with van der Waals surface area (Å²) in [4.78, 5) is 11.4. The van der Waals surface area contributed by atoms with E-state index in [0.717, 1.165) is 6.07 Å². The Hall–Kier alpha value is -1.92. The molecule has 0 bridgehead atoms. The summed E-state index contributed by atoms with van der Waals surface area (Å²) in [6.07, 6.45) is 1.65. The summed E-state index contributed by atoms with van der Waals surface area (Å²) in [5.41, 5.74) is -0.486. The lowest BCUT2D eigenvalue weighted by atomic mass is 9.97. The third-order valence-electron chi connectivity index (χ3n) is 5.09. The number of halogens is 1. The van der Waals surface area contributed by atoms with Crippen LogP contribution in [0.1, 0.15) is 30.7 Å². The van der Waals surface area contributed by atoms with Crippen LogP contribution >= 0.6 is 0 Å². The number of benzene rings is 1. The number of hydrogen-bond acceptors (Lipinski definition) is 6. The van der Waals surface area contributed by atoms with E-state index in [1.165, 1.54) is 10.4 Å². The number of phenolic OH excluding ortho intramolecular Hbond substituents is 1. The molecule has 9 nitrogen and oxygen atoms in total. The van der Waals surface area contributed by atoms with Gasteiger partial charge in [0.2, 0.25) is 10.0 Å². The van der Waals surface area contributed by atoms with Crippen molar-refractivity contribution in [2.45, 2.75) is 30.4 Å². The highest BCUT2D eigenvalue weighted by Gasteiger charge is 2.44. The predicted molar refractivity (Wildman–Crippen MR) is 93.3 cm³/mol. The lowest BCUT2D eigenvalue weighted by molar-refractivity contribution is -0.117. The van der Waals surface area contributed by atoms with Crippen molar-refractivity contribution in [1.82, 2.24) is 9.03 Å². The average molecular weight is 419 g/mol. The second kappa shape index (κ2) is 6.04. The molecule has 1 aromatic carbocycles. The minimum Gasteiger partial charge on any atom is -0.506 e. The summed E-state index contributed by atoms with van der Waals surface area (Å²) in [5, 5.41) is 9.65. The molecule has 1 atom stereocenters. The fraction of sp³-hybridized carbons (Fsp3) is 0.533. The monoisotopic (exact) mass is 419 g/mol. The van der Waals surface area contributed by atoms with Gasteiger partial charge in [-0.15, -0.1) is 0 Å². The van der Waals surface area contributed by atoms with Gasteiger partial charge in [-0.2, -0.15) is 8.42 Å². The number of amides is 1. The first kappa shape index (κ1) is 18.4. The van der Waals surface area contributed by atoms with Crippen LogP contribution in [-0.4, -0.2) is 57.0 Å². The average Bonchev–Trinajstić information content (AvgIpc) is 3.25. The van der Waals surface area contributed by atoms with E-state index in [9.17, 15) is 26.7 Å². The maximum Gasteiger partial charge on any atom is 0.326 e. The van der Waals surface area contributed by atoms with Crippen LogP contribution < -0.4 is 9.03 Å². The Morgan fingerprint density at radius 1 is 1.22 bits per heavy atom. The number of nitrogens with zero attached hydrogens (tertiary/aromatic N) is 2. The van der Waals surface area contributed by atoms with Crippen LogP contribution in [0.3, 0.4) is 0 Å². The van der Waals surface area contributed by atoms with Gasteiger partial charge in [-0.1, -0.05) is 6.07 Å². The summed E-state index contributed by atoms with van der Waals surface area (Å²) < 4.78 is 67.4. The van der Waals surface area contributed by atoms with E-state index in [0.29, 0.717) is 23.6 Å². The van der Waals surface area contributed by atoms with Crippen molar-refractivity contribution in [3.05, 3.63) is 23.5 Å². The zero-order valence-corrected chi connectivity index (χ0v) is 15.8. The highest BCUT2D eigenvalue weighted by atomic mass is 32.2. The summed E-state index contributed by atoms with van der Waals surface area (Å²) in [6.45, 7) is -0.270. The first-order valence-corrected chi connectivity index (χ1v) is 11.4. The van der Waals surface area contributed by atoms with E-state index in [1.54, 1.807) is 4.72 Å². The normalized spacial score (nSPS) is 25.7. The minimum atomic E-state index is -4.28. The van der Waals surface area contributed by atoms with Crippen molar-refractivity contribution in [3.63, 3.8) is 0 Å². The SMILES string of the molecule is O=C1CN(c2c(O)ccc(C3CCN(S(=O)(=O)C4CC4)C3)c2F)S(=O)(=O)N1. The van der Waals surface area contributed by atoms with E-state index < -0.39 is 55.9 Å². The number of rotatable bonds is 4. The molecule has 1 unspecified atom stereocenters. The first-order chi connectivity index (χ1) is 12.6. The number of hydrogen-bond donors (Lipinski definition) is 2. The standard InChI is InChI=1S/C15H18FN3O6S2/c16-14-11(9-5-6-18(7-9)26(22,23)10-1-2-10)3-4-12(20)15(14)19-8-13(21)17-27(19,24)25/h3-4,9-10,20H,1-2,5-8H2,(H,17,21). The van der Waals surface area contributed by atoms with Gasteiger partial charge in [-0.05, 0) is 30.9 Å². The molecule has 1 saturated carbocycles. The predicted octanol–water partition coefficient (Wildman–Crippen LogP) is -0.00620. The van der Waals surface area contributed by atoms with E-state index >= 15 is 4.39 Å². The molecular formula is C15H18FN3O6S2. The Morgan fingerprint density at radius 3 is 2.52 bits per heavy atom. The molecule has 2 N–H and O–H groups in total. The summed E-state index contributed by atoms with van der Waals surface area (Å²) in [5.74, 6) is -2.88. The summed E-state index contributed by atoms with van der Waals surface area (Å²) in [7, 11) is -7.66. The van der Waals surface area contributed by atoms with Crippen LogP contribution in [0.2, 0.25) is 0 Å². The Bertz CT molecular complexity index is 1020. The maximum absolute atomic E-state index is 15.1. The minimum absolute atomic E-state index is 0.101. The molecule has 3 fully saturated rings. The van der Waals surface area contributed by atoms with Gasteiger partial charge in [0.1, 0.15) is 18.0 Å². The zero-order chi connectivity index (χ0) is 19.6. The quantitative estimate of drug-likeness (QED) is 0.708. The van der Waals surface area contributed by atoms with Gasteiger partial charge in [0.25, 0.3) is 5.91 Å². The molecule has 0 aromatic heterocycles. The lowest BCUT2D eigenvalue weighted by Gasteiger charge is -2.21. The molecule has 1 amide bonds. The molecule has 2 heterocycles. The third kappa shape index (κ3) is 3.05. The number of sulfonamides is 1. The maximum atomic E-state index is 15.1. The van der Waals surface area contributed by atoms with Crippen LogP contribution in [0.15, 0.2) is 12.1 Å². The molecule has 4 rings (SSSR count). The van der Waals surface area contributed by atoms with Crippen molar-refractivity contribution in [1.29, 1.82) is 0 Å². The topological polar surface area (TPSA) is 124 Å². The van der Waals surface area contributed by atoms with Gasteiger partial charge in [-0.25, -0.2) is 26.1 Å². The molecule has 1 aliphatic carbocycles. The highest BCUT2D eigenvalue weighted by Crippen LogP contribution is 2.41. The third-order valence-corrected chi connectivity index (χ3v) is 8.83. The van der Waals surface area contributed by atoms with E-state index in [-0.39, 0.29) is 23.9 Å². The number of aromatic hydroxyl groups is 1. The van der Waals surface area contributed by atoms with Gasteiger partial charge in [0.15, 0.2) is 5.82 Å². The molecular weight excluding hydrogens is 401 g/mol. The van der Waals surface area contributed by atoms with Crippen molar-refractivity contribution in [2.75, 3.05) is 23.9 Å². The Labute approximate surface area is 156 Å². The number of anilines is 1.